The summed E-state index contributed by atoms with van der Waals surface area (Å²) in [4.78, 5) is 6.19. The van der Waals surface area contributed by atoms with Crippen molar-refractivity contribution >= 4 is 40.0 Å². The maximum Gasteiger partial charge on any atom is 0.171 e. The zero-order valence-corrected chi connectivity index (χ0v) is 21.0. The van der Waals surface area contributed by atoms with Crippen LogP contribution in [0.25, 0.3) is 0 Å². The van der Waals surface area contributed by atoms with Crippen LogP contribution in [0.4, 0.5) is 15.8 Å². The van der Waals surface area contributed by atoms with E-state index < -0.39 is 0 Å². The van der Waals surface area contributed by atoms with E-state index in [1.54, 1.807) is 11.3 Å². The first kappa shape index (κ1) is 23.7. The van der Waals surface area contributed by atoms with Gasteiger partial charge in [-0.25, -0.2) is 4.39 Å². The zero-order valence-electron chi connectivity index (χ0n) is 19.3. The summed E-state index contributed by atoms with van der Waals surface area (Å²) < 4.78 is 13.3. The molecule has 33 heavy (non-hydrogen) atoms. The fourth-order valence-electron chi connectivity index (χ4n) is 4.43. The summed E-state index contributed by atoms with van der Waals surface area (Å²) in [5.74, 6) is -0.194. The normalized spacial score (nSPS) is 16.3. The molecule has 2 heterocycles. The largest absolute Gasteiger partial charge is 0.369 e. The Bertz CT molecular complexity index is 1060. The molecule has 2 N–H and O–H groups in total. The first-order valence-electron chi connectivity index (χ1n) is 11.3. The van der Waals surface area contributed by atoms with Gasteiger partial charge < -0.3 is 15.5 Å². The molecule has 4 rings (SSSR count). The molecule has 0 spiro atoms. The number of hydrogen-bond acceptors (Lipinski definition) is 4. The molecule has 0 aliphatic carbocycles. The van der Waals surface area contributed by atoms with Gasteiger partial charge in [-0.1, -0.05) is 18.2 Å². The average Bonchev–Trinajstić information content (AvgIpc) is 3.32. The van der Waals surface area contributed by atoms with Gasteiger partial charge in [0, 0.05) is 48.5 Å². The van der Waals surface area contributed by atoms with E-state index in [4.69, 9.17) is 12.2 Å². The molecular weight excluding hydrogens is 451 g/mol. The number of rotatable bonds is 6. The van der Waals surface area contributed by atoms with Crippen molar-refractivity contribution in [3.63, 3.8) is 0 Å². The van der Waals surface area contributed by atoms with E-state index in [0.29, 0.717) is 5.11 Å². The Morgan fingerprint density at radius 2 is 1.76 bits per heavy atom. The Morgan fingerprint density at radius 1 is 1.03 bits per heavy atom. The molecule has 4 nitrogen and oxygen atoms in total. The molecule has 0 unspecified atom stereocenters. The second-order valence-corrected chi connectivity index (χ2v) is 10.1. The number of thiocarbonyl (C=S) groups is 1. The third kappa shape index (κ3) is 5.91. The molecule has 1 fully saturated rings. The maximum atomic E-state index is 13.3. The van der Waals surface area contributed by atoms with Gasteiger partial charge in [0.15, 0.2) is 5.11 Å². The number of piperazine rings is 1. The third-order valence-corrected chi connectivity index (χ3v) is 7.37. The molecule has 7 heteroatoms. The minimum Gasteiger partial charge on any atom is -0.369 e. The number of thiophene rings is 1. The van der Waals surface area contributed by atoms with Crippen molar-refractivity contribution in [3.8, 4) is 0 Å². The summed E-state index contributed by atoms with van der Waals surface area (Å²) in [5.41, 5.74) is 4.49. The molecule has 1 aliphatic heterocycles. The molecule has 0 bridgehead atoms. The van der Waals surface area contributed by atoms with E-state index in [2.05, 4.69) is 76.9 Å². The Hall–Kier alpha value is -2.48. The highest BCUT2D eigenvalue weighted by Gasteiger charge is 2.30. The van der Waals surface area contributed by atoms with Crippen LogP contribution < -0.4 is 15.5 Å². The predicted molar refractivity (Wildman–Crippen MR) is 142 cm³/mol. The van der Waals surface area contributed by atoms with Gasteiger partial charge in [-0.05, 0) is 85.9 Å². The van der Waals surface area contributed by atoms with Gasteiger partial charge in [-0.15, -0.1) is 11.3 Å². The molecule has 1 aliphatic rings. The smallest absolute Gasteiger partial charge is 0.171 e. The molecule has 1 aromatic heterocycles. The minimum atomic E-state index is -0.194. The Kier molecular flexibility index (Phi) is 7.63. The van der Waals surface area contributed by atoms with Crippen LogP contribution in [0.5, 0.6) is 0 Å². The minimum absolute atomic E-state index is 0.131. The Morgan fingerprint density at radius 3 is 2.42 bits per heavy atom. The number of anilines is 2. The Labute approximate surface area is 205 Å². The third-order valence-electron chi connectivity index (χ3n) is 6.21. The average molecular weight is 483 g/mol. The van der Waals surface area contributed by atoms with E-state index >= 15 is 0 Å². The number of nitrogens with one attached hydrogen (secondary N) is 2. The van der Waals surface area contributed by atoms with E-state index in [0.717, 1.165) is 37.6 Å². The van der Waals surface area contributed by atoms with Crippen LogP contribution >= 0.6 is 23.6 Å². The fourth-order valence-corrected chi connectivity index (χ4v) is 5.69. The monoisotopic (exact) mass is 482 g/mol. The summed E-state index contributed by atoms with van der Waals surface area (Å²) in [6.45, 7) is 10.1. The Balaban J connectivity index is 1.42. The molecule has 0 amide bonds. The molecule has 3 aromatic rings. The second-order valence-electron chi connectivity index (χ2n) is 8.67. The van der Waals surface area contributed by atoms with Crippen LogP contribution in [0.3, 0.4) is 0 Å². The summed E-state index contributed by atoms with van der Waals surface area (Å²) in [6, 6.07) is 17.8. The molecule has 2 aromatic carbocycles. The highest BCUT2D eigenvalue weighted by atomic mass is 32.1. The standard InChI is InChI=1S/C26H31FN4S2/c1-18-6-7-19(2)23(17-18)29-26(32)28-20(3)25(24-5-4-16-33-24)31-14-12-30(13-15-31)22-10-8-21(27)9-11-22/h4-11,16-17,20,25H,12-15H2,1-3H3,(H2,28,29,32)/t20-,25+/m1/s1. The van der Waals surface area contributed by atoms with Crippen LogP contribution in [0.15, 0.2) is 60.0 Å². The van der Waals surface area contributed by atoms with Crippen molar-refractivity contribution < 1.29 is 4.39 Å². The van der Waals surface area contributed by atoms with Crippen molar-refractivity contribution in [1.82, 2.24) is 10.2 Å². The lowest BCUT2D eigenvalue weighted by Gasteiger charge is -2.42. The number of nitrogens with zero attached hydrogens (tertiary/aromatic N) is 2. The molecule has 0 saturated carbocycles. The van der Waals surface area contributed by atoms with Crippen molar-refractivity contribution in [2.75, 3.05) is 36.4 Å². The first-order valence-corrected chi connectivity index (χ1v) is 12.6. The molecular formula is C26H31FN4S2. The van der Waals surface area contributed by atoms with Crippen LogP contribution in [0, 0.1) is 19.7 Å². The van der Waals surface area contributed by atoms with Gasteiger partial charge in [-0.2, -0.15) is 0 Å². The predicted octanol–water partition coefficient (Wildman–Crippen LogP) is 5.74. The lowest BCUT2D eigenvalue weighted by molar-refractivity contribution is 0.163. The molecule has 174 valence electrons. The first-order chi connectivity index (χ1) is 15.9. The van der Waals surface area contributed by atoms with Gasteiger partial charge in [0.2, 0.25) is 0 Å². The summed E-state index contributed by atoms with van der Waals surface area (Å²) >= 11 is 7.47. The number of hydrogen-bond donors (Lipinski definition) is 2. The SMILES string of the molecule is Cc1ccc(C)c(NC(=S)N[C@H](C)[C@@H](c2cccs2)N2CCN(c3ccc(F)cc3)CC2)c1. The number of benzene rings is 2. The van der Waals surface area contributed by atoms with E-state index in [9.17, 15) is 4.39 Å². The van der Waals surface area contributed by atoms with E-state index in [-0.39, 0.29) is 17.9 Å². The van der Waals surface area contributed by atoms with Crippen molar-refractivity contribution in [1.29, 1.82) is 0 Å². The summed E-state index contributed by atoms with van der Waals surface area (Å²) in [5, 5.41) is 9.70. The van der Waals surface area contributed by atoms with Gasteiger partial charge in [0.05, 0.1) is 6.04 Å². The number of aryl methyl sites for hydroxylation is 2. The highest BCUT2D eigenvalue weighted by Crippen LogP contribution is 2.30. The topological polar surface area (TPSA) is 30.5 Å². The molecule has 1 saturated heterocycles. The number of halogens is 1. The quantitative estimate of drug-likeness (QED) is 0.438. The van der Waals surface area contributed by atoms with Gasteiger partial charge in [0.1, 0.15) is 5.82 Å². The van der Waals surface area contributed by atoms with Crippen LogP contribution in [-0.4, -0.2) is 42.2 Å². The fraction of sp³-hybridized carbons (Fsp3) is 0.346. The van der Waals surface area contributed by atoms with Crippen molar-refractivity contribution in [2.24, 2.45) is 0 Å². The van der Waals surface area contributed by atoms with Crippen LogP contribution in [-0.2, 0) is 0 Å². The summed E-state index contributed by atoms with van der Waals surface area (Å²) in [6.07, 6.45) is 0. The molecule has 0 radical (unpaired) electrons. The lowest BCUT2D eigenvalue weighted by Crippen LogP contribution is -2.52. The van der Waals surface area contributed by atoms with Gasteiger partial charge >= 0.3 is 0 Å². The highest BCUT2D eigenvalue weighted by molar-refractivity contribution is 7.80. The lowest BCUT2D eigenvalue weighted by atomic mass is 10.0. The van der Waals surface area contributed by atoms with Gasteiger partial charge in [0.25, 0.3) is 0 Å². The van der Waals surface area contributed by atoms with Crippen LogP contribution in [0.2, 0.25) is 0 Å². The molecule has 2 atom stereocenters. The van der Waals surface area contributed by atoms with Crippen molar-refractivity contribution in [2.45, 2.75) is 32.9 Å². The summed E-state index contributed by atoms with van der Waals surface area (Å²) in [7, 11) is 0. The van der Waals surface area contributed by atoms with Gasteiger partial charge in [-0.3, -0.25) is 4.90 Å². The van der Waals surface area contributed by atoms with E-state index in [1.807, 2.05) is 12.1 Å². The maximum absolute atomic E-state index is 13.3. The van der Waals surface area contributed by atoms with Crippen LogP contribution in [0.1, 0.15) is 29.0 Å². The zero-order chi connectivity index (χ0) is 23.4. The van der Waals surface area contributed by atoms with E-state index in [1.165, 1.54) is 28.1 Å². The second kappa shape index (κ2) is 10.6. The van der Waals surface area contributed by atoms with Crippen molar-refractivity contribution in [3.05, 3.63) is 81.8 Å².